The Morgan fingerprint density at radius 2 is 1.67 bits per heavy atom. The fourth-order valence-corrected chi connectivity index (χ4v) is 2.19. The summed E-state index contributed by atoms with van der Waals surface area (Å²) in [7, 11) is 1.75. The van der Waals surface area contributed by atoms with Crippen LogP contribution in [0.2, 0.25) is 0 Å². The van der Waals surface area contributed by atoms with Crippen molar-refractivity contribution in [3.63, 3.8) is 0 Å². The molecule has 2 aromatic heterocycles. The third kappa shape index (κ3) is 3.15. The summed E-state index contributed by atoms with van der Waals surface area (Å²) in [4.78, 5) is 0. The molecule has 8 nitrogen and oxygen atoms in total. The van der Waals surface area contributed by atoms with Crippen molar-refractivity contribution in [3.8, 4) is 6.07 Å². The van der Waals surface area contributed by atoms with Gasteiger partial charge in [0.2, 0.25) is 0 Å². The second kappa shape index (κ2) is 5.74. The van der Waals surface area contributed by atoms with Crippen molar-refractivity contribution in [2.45, 2.75) is 52.4 Å². The Balaban J connectivity index is 2.51. The van der Waals surface area contributed by atoms with Gasteiger partial charge in [-0.1, -0.05) is 46.7 Å². The quantitative estimate of drug-likeness (QED) is 0.839. The first kappa shape index (κ1) is 17.7. The summed E-state index contributed by atoms with van der Waals surface area (Å²) in [5.74, 6) is 0.475. The van der Waals surface area contributed by atoms with Gasteiger partial charge in [-0.15, -0.1) is 10.2 Å². The van der Waals surface area contributed by atoms with E-state index in [1.54, 1.807) is 11.7 Å². The molecule has 0 fully saturated rings. The highest BCUT2D eigenvalue weighted by atomic mass is 16.5. The number of nitrogen functional groups attached to an aromatic ring is 1. The number of nitrogens with zero attached hydrogens (tertiary/aromatic N) is 6. The van der Waals surface area contributed by atoms with Gasteiger partial charge in [0.15, 0.2) is 5.69 Å². The van der Waals surface area contributed by atoms with E-state index < -0.39 is 0 Å². The number of nitriles is 1. The van der Waals surface area contributed by atoms with Crippen LogP contribution in [-0.2, 0) is 17.9 Å². The summed E-state index contributed by atoms with van der Waals surface area (Å²) < 4.78 is 6.76. The molecule has 0 aliphatic heterocycles. The first-order valence-electron chi connectivity index (χ1n) is 7.61. The molecule has 0 bridgehead atoms. The number of azo groups is 1. The van der Waals surface area contributed by atoms with Crippen LogP contribution in [0, 0.1) is 11.3 Å². The van der Waals surface area contributed by atoms with Crippen LogP contribution in [0.4, 0.5) is 17.4 Å². The Labute approximate surface area is 141 Å². The van der Waals surface area contributed by atoms with Crippen molar-refractivity contribution >= 4 is 17.4 Å². The third-order valence-electron chi connectivity index (χ3n) is 3.51. The van der Waals surface area contributed by atoms with Gasteiger partial charge in [-0.25, -0.2) is 0 Å². The summed E-state index contributed by atoms with van der Waals surface area (Å²) in [5, 5.41) is 26.0. The van der Waals surface area contributed by atoms with Gasteiger partial charge in [0.1, 0.15) is 23.1 Å². The normalized spacial score (nSPS) is 12.8. The molecule has 0 saturated heterocycles. The molecule has 128 valence electrons. The van der Waals surface area contributed by atoms with Crippen molar-refractivity contribution in [3.05, 3.63) is 17.0 Å². The highest BCUT2D eigenvalue weighted by molar-refractivity contribution is 5.63. The van der Waals surface area contributed by atoms with Gasteiger partial charge < -0.3 is 10.3 Å². The lowest BCUT2D eigenvalue weighted by Crippen LogP contribution is -2.13. The minimum atomic E-state index is -0.327. The van der Waals surface area contributed by atoms with Gasteiger partial charge in [-0.2, -0.15) is 10.4 Å². The van der Waals surface area contributed by atoms with E-state index in [-0.39, 0.29) is 22.3 Å². The lowest BCUT2D eigenvalue weighted by atomic mass is 9.90. The van der Waals surface area contributed by atoms with Crippen LogP contribution >= 0.6 is 0 Å². The van der Waals surface area contributed by atoms with Crippen molar-refractivity contribution in [2.75, 3.05) is 5.73 Å². The van der Waals surface area contributed by atoms with Crippen molar-refractivity contribution in [1.29, 1.82) is 5.26 Å². The molecule has 2 heterocycles. The highest BCUT2D eigenvalue weighted by Crippen LogP contribution is 2.37. The summed E-state index contributed by atoms with van der Waals surface area (Å²) in [6.07, 6.45) is 0. The minimum Gasteiger partial charge on any atom is -0.382 e. The molecule has 0 unspecified atom stereocenters. The maximum atomic E-state index is 9.40. The zero-order valence-corrected chi connectivity index (χ0v) is 15.2. The summed E-state index contributed by atoms with van der Waals surface area (Å²) >= 11 is 0. The minimum absolute atomic E-state index is 0.0746. The fourth-order valence-electron chi connectivity index (χ4n) is 2.19. The number of nitrogens with two attached hydrogens (primary N) is 1. The Morgan fingerprint density at radius 1 is 1.08 bits per heavy atom. The number of aromatic nitrogens is 3. The lowest BCUT2D eigenvalue weighted by molar-refractivity contribution is 0.399. The predicted octanol–water partition coefficient (Wildman–Crippen LogP) is 3.87. The van der Waals surface area contributed by atoms with Crippen molar-refractivity contribution in [1.82, 2.24) is 14.9 Å². The van der Waals surface area contributed by atoms with Crippen LogP contribution in [0.25, 0.3) is 0 Å². The molecule has 0 radical (unpaired) electrons. The summed E-state index contributed by atoms with van der Waals surface area (Å²) in [6, 6.07) is 2.09. The smallest absolute Gasteiger partial charge is 0.287 e. The topological polar surface area (TPSA) is 118 Å². The van der Waals surface area contributed by atoms with Crippen LogP contribution in [0.15, 0.2) is 14.8 Å². The average Bonchev–Trinajstić information content (AvgIpc) is 2.98. The van der Waals surface area contributed by atoms with Crippen LogP contribution in [0.5, 0.6) is 0 Å². The van der Waals surface area contributed by atoms with E-state index in [0.29, 0.717) is 17.2 Å². The van der Waals surface area contributed by atoms with E-state index in [1.165, 1.54) is 0 Å². The van der Waals surface area contributed by atoms with Crippen LogP contribution in [0.3, 0.4) is 0 Å². The maximum Gasteiger partial charge on any atom is 0.287 e. The summed E-state index contributed by atoms with van der Waals surface area (Å²) in [6.45, 7) is 11.9. The zero-order chi connectivity index (χ0) is 18.3. The molecular formula is C16H23N7O. The van der Waals surface area contributed by atoms with Gasteiger partial charge in [0.05, 0.1) is 5.69 Å². The molecule has 0 aliphatic rings. The standard InChI is InChI=1S/C16H23N7O/c1-15(2,3)11-9(8-17)14(24-22-11)20-19-10-12(16(4,5)6)21-23(7)13(10)18/h18H2,1-7H3. The molecule has 0 atom stereocenters. The summed E-state index contributed by atoms with van der Waals surface area (Å²) in [5.41, 5.74) is 7.50. The molecule has 2 aromatic rings. The molecule has 8 heteroatoms. The van der Waals surface area contributed by atoms with Crippen LogP contribution in [-0.4, -0.2) is 14.9 Å². The van der Waals surface area contributed by atoms with Crippen molar-refractivity contribution < 1.29 is 4.52 Å². The monoisotopic (exact) mass is 329 g/mol. The van der Waals surface area contributed by atoms with Gasteiger partial charge in [-0.3, -0.25) is 4.68 Å². The van der Waals surface area contributed by atoms with Gasteiger partial charge >= 0.3 is 0 Å². The van der Waals surface area contributed by atoms with E-state index in [9.17, 15) is 5.26 Å². The second-order valence-corrected chi connectivity index (χ2v) is 7.73. The Bertz CT molecular complexity index is 822. The zero-order valence-electron chi connectivity index (χ0n) is 15.2. The molecule has 0 amide bonds. The molecule has 0 spiro atoms. The van der Waals surface area contributed by atoms with Crippen LogP contribution < -0.4 is 5.73 Å². The number of hydrogen-bond donors (Lipinski definition) is 1. The predicted molar refractivity (Wildman–Crippen MR) is 90.4 cm³/mol. The molecule has 0 aromatic carbocycles. The number of hydrogen-bond acceptors (Lipinski definition) is 7. The highest BCUT2D eigenvalue weighted by Gasteiger charge is 2.28. The Morgan fingerprint density at radius 3 is 2.17 bits per heavy atom. The first-order valence-corrected chi connectivity index (χ1v) is 7.61. The molecular weight excluding hydrogens is 306 g/mol. The van der Waals surface area contributed by atoms with E-state index in [0.717, 1.165) is 5.69 Å². The first-order chi connectivity index (χ1) is 11.0. The second-order valence-electron chi connectivity index (χ2n) is 7.73. The van der Waals surface area contributed by atoms with E-state index in [1.807, 2.05) is 41.5 Å². The van der Waals surface area contributed by atoms with Gasteiger partial charge in [-0.05, 0) is 0 Å². The van der Waals surface area contributed by atoms with E-state index in [4.69, 9.17) is 10.3 Å². The third-order valence-corrected chi connectivity index (χ3v) is 3.51. The lowest BCUT2D eigenvalue weighted by Gasteiger charge is -2.15. The number of rotatable bonds is 2. The number of aryl methyl sites for hydroxylation is 1. The SMILES string of the molecule is Cn1nc(C(C)(C)C)c(N=Nc2onc(C(C)(C)C)c2C#N)c1N. The van der Waals surface area contributed by atoms with Crippen LogP contribution in [0.1, 0.15) is 58.5 Å². The molecule has 2 rings (SSSR count). The van der Waals surface area contributed by atoms with Gasteiger partial charge in [0, 0.05) is 17.9 Å². The molecule has 0 saturated carbocycles. The Kier molecular flexibility index (Phi) is 4.23. The Hall–Kier alpha value is -2.69. The molecule has 0 aliphatic carbocycles. The molecule has 24 heavy (non-hydrogen) atoms. The van der Waals surface area contributed by atoms with Crippen molar-refractivity contribution in [2.24, 2.45) is 17.3 Å². The van der Waals surface area contributed by atoms with Gasteiger partial charge in [0.25, 0.3) is 5.88 Å². The van der Waals surface area contributed by atoms with E-state index in [2.05, 4.69) is 26.6 Å². The average molecular weight is 329 g/mol. The molecule has 2 N–H and O–H groups in total. The largest absolute Gasteiger partial charge is 0.382 e. The van der Waals surface area contributed by atoms with E-state index >= 15 is 0 Å². The fraction of sp³-hybridized carbons (Fsp3) is 0.562. The number of anilines is 1. The maximum absolute atomic E-state index is 9.40.